The largest absolute Gasteiger partial charge is 0.480 e. The van der Waals surface area contributed by atoms with Crippen LogP contribution in [0.2, 0.25) is 0 Å². The fourth-order valence-corrected chi connectivity index (χ4v) is 5.98. The van der Waals surface area contributed by atoms with Gasteiger partial charge in [-0.1, -0.05) is 134 Å². The molecule has 0 aliphatic heterocycles. The number of carbonyl (C=O) groups excluding carboxylic acids is 3. The molecule has 0 aromatic carbocycles. The number of hydrogen-bond donors (Lipinski definition) is 4. The average molecular weight is 721 g/mol. The van der Waals surface area contributed by atoms with Crippen molar-refractivity contribution in [2.24, 2.45) is 0 Å². The summed E-state index contributed by atoms with van der Waals surface area (Å²) in [7, 11) is 0. The SMILES string of the molecule is CCCCCCC/C=C\C/C=C\CCCCCCCCCCCC(=O)OC(CCCCCC)CCCCCC(=O)NCC(=O)NC(CO)C(=O)O. The van der Waals surface area contributed by atoms with Gasteiger partial charge in [-0.3, -0.25) is 14.4 Å². The van der Waals surface area contributed by atoms with Crippen LogP contribution < -0.4 is 10.6 Å². The Labute approximate surface area is 311 Å². The number of carbonyl (C=O) groups is 4. The Kier molecular flexibility index (Phi) is 35.1. The molecule has 0 heterocycles. The molecular weight excluding hydrogens is 644 g/mol. The van der Waals surface area contributed by atoms with Gasteiger partial charge in [-0.25, -0.2) is 4.79 Å². The molecule has 0 aliphatic carbocycles. The normalized spacial score (nSPS) is 12.7. The maximum Gasteiger partial charge on any atom is 0.328 e. The summed E-state index contributed by atoms with van der Waals surface area (Å²) >= 11 is 0. The van der Waals surface area contributed by atoms with Crippen molar-refractivity contribution in [2.75, 3.05) is 13.2 Å². The topological polar surface area (TPSA) is 142 Å². The zero-order chi connectivity index (χ0) is 37.6. The molecule has 296 valence electrons. The van der Waals surface area contributed by atoms with E-state index < -0.39 is 24.5 Å². The first-order valence-corrected chi connectivity index (χ1v) is 20.7. The van der Waals surface area contributed by atoms with Gasteiger partial charge in [-0.2, -0.15) is 0 Å². The molecular formula is C42H76N2O7. The van der Waals surface area contributed by atoms with E-state index in [1.165, 1.54) is 96.3 Å². The number of carboxylic acid groups (broad SMARTS) is 1. The number of rotatable bonds is 37. The molecule has 0 saturated heterocycles. The molecule has 0 radical (unpaired) electrons. The van der Waals surface area contributed by atoms with E-state index in [9.17, 15) is 19.2 Å². The van der Waals surface area contributed by atoms with Crippen molar-refractivity contribution in [1.82, 2.24) is 10.6 Å². The van der Waals surface area contributed by atoms with E-state index in [0.717, 1.165) is 64.2 Å². The molecule has 0 spiro atoms. The molecule has 2 unspecified atom stereocenters. The summed E-state index contributed by atoms with van der Waals surface area (Å²) in [5, 5.41) is 22.5. The zero-order valence-corrected chi connectivity index (χ0v) is 32.6. The van der Waals surface area contributed by atoms with Gasteiger partial charge in [0.2, 0.25) is 11.8 Å². The van der Waals surface area contributed by atoms with Gasteiger partial charge in [-0.05, 0) is 70.6 Å². The van der Waals surface area contributed by atoms with Crippen molar-refractivity contribution in [2.45, 2.75) is 206 Å². The number of unbranched alkanes of at least 4 members (excludes halogenated alkanes) is 19. The number of carboxylic acids is 1. The van der Waals surface area contributed by atoms with E-state index in [4.69, 9.17) is 14.9 Å². The van der Waals surface area contributed by atoms with Gasteiger partial charge in [0.25, 0.3) is 0 Å². The summed E-state index contributed by atoms with van der Waals surface area (Å²) < 4.78 is 5.89. The minimum Gasteiger partial charge on any atom is -0.480 e. The molecule has 9 heteroatoms. The lowest BCUT2D eigenvalue weighted by Crippen LogP contribution is -2.47. The first kappa shape index (κ1) is 48.3. The third-order valence-corrected chi connectivity index (χ3v) is 9.20. The van der Waals surface area contributed by atoms with E-state index in [1.54, 1.807) is 0 Å². The Morgan fingerprint density at radius 2 is 1.06 bits per heavy atom. The third-order valence-electron chi connectivity index (χ3n) is 9.20. The van der Waals surface area contributed by atoms with E-state index >= 15 is 0 Å². The van der Waals surface area contributed by atoms with E-state index in [-0.39, 0.29) is 30.9 Å². The van der Waals surface area contributed by atoms with Crippen LogP contribution in [0.3, 0.4) is 0 Å². The van der Waals surface area contributed by atoms with Crippen LogP contribution >= 0.6 is 0 Å². The fourth-order valence-electron chi connectivity index (χ4n) is 5.98. The van der Waals surface area contributed by atoms with Gasteiger partial charge in [-0.15, -0.1) is 0 Å². The number of ether oxygens (including phenoxy) is 1. The first-order chi connectivity index (χ1) is 24.8. The second-order valence-electron chi connectivity index (χ2n) is 14.1. The second-order valence-corrected chi connectivity index (χ2v) is 14.1. The number of hydrogen-bond acceptors (Lipinski definition) is 6. The molecule has 4 N–H and O–H groups in total. The van der Waals surface area contributed by atoms with Crippen LogP contribution in [-0.2, 0) is 23.9 Å². The Balaban J connectivity index is 3.95. The highest BCUT2D eigenvalue weighted by Crippen LogP contribution is 2.18. The number of esters is 1. The highest BCUT2D eigenvalue weighted by atomic mass is 16.5. The Morgan fingerprint density at radius 3 is 1.59 bits per heavy atom. The lowest BCUT2D eigenvalue weighted by Gasteiger charge is -2.18. The summed E-state index contributed by atoms with van der Waals surface area (Å²) in [6.45, 7) is 3.38. The zero-order valence-electron chi connectivity index (χ0n) is 32.6. The number of aliphatic carboxylic acids is 1. The number of amides is 2. The lowest BCUT2D eigenvalue weighted by atomic mass is 10.0. The van der Waals surface area contributed by atoms with Gasteiger partial charge in [0.05, 0.1) is 13.2 Å². The molecule has 0 aromatic heterocycles. The Bertz CT molecular complexity index is 921. The molecule has 9 nitrogen and oxygen atoms in total. The Morgan fingerprint density at radius 1 is 0.588 bits per heavy atom. The highest BCUT2D eigenvalue weighted by molar-refractivity contribution is 5.87. The maximum absolute atomic E-state index is 12.6. The van der Waals surface area contributed by atoms with E-state index in [2.05, 4.69) is 48.8 Å². The van der Waals surface area contributed by atoms with Crippen LogP contribution in [0.1, 0.15) is 194 Å². The monoisotopic (exact) mass is 721 g/mol. The molecule has 2 amide bonds. The van der Waals surface area contributed by atoms with Crippen LogP contribution in [0.5, 0.6) is 0 Å². The molecule has 0 rings (SSSR count). The van der Waals surface area contributed by atoms with Crippen LogP contribution in [0.25, 0.3) is 0 Å². The van der Waals surface area contributed by atoms with Crippen LogP contribution in [0.4, 0.5) is 0 Å². The van der Waals surface area contributed by atoms with E-state index in [0.29, 0.717) is 12.8 Å². The lowest BCUT2D eigenvalue weighted by molar-refractivity contribution is -0.150. The summed E-state index contributed by atoms with van der Waals surface area (Å²) in [6, 6.07) is -1.39. The van der Waals surface area contributed by atoms with E-state index in [1.807, 2.05) is 0 Å². The van der Waals surface area contributed by atoms with Crippen LogP contribution in [0.15, 0.2) is 24.3 Å². The molecule has 51 heavy (non-hydrogen) atoms. The number of allylic oxidation sites excluding steroid dienone is 4. The summed E-state index contributed by atoms with van der Waals surface area (Å²) in [6.07, 6.45) is 39.5. The predicted octanol–water partition coefficient (Wildman–Crippen LogP) is 9.65. The van der Waals surface area contributed by atoms with Crippen molar-refractivity contribution in [3.05, 3.63) is 24.3 Å². The van der Waals surface area contributed by atoms with Gasteiger partial charge in [0.1, 0.15) is 12.1 Å². The summed E-state index contributed by atoms with van der Waals surface area (Å²) in [4.78, 5) is 47.3. The average Bonchev–Trinajstić information content (AvgIpc) is 3.11. The van der Waals surface area contributed by atoms with Crippen molar-refractivity contribution in [3.63, 3.8) is 0 Å². The van der Waals surface area contributed by atoms with Crippen molar-refractivity contribution in [3.8, 4) is 0 Å². The van der Waals surface area contributed by atoms with Gasteiger partial charge in [0.15, 0.2) is 0 Å². The third kappa shape index (κ3) is 34.2. The van der Waals surface area contributed by atoms with Crippen molar-refractivity contribution >= 4 is 23.8 Å². The number of aliphatic hydroxyl groups is 1. The molecule has 0 saturated carbocycles. The minimum atomic E-state index is -1.39. The standard InChI is InChI=1S/C42H76N2O7/c1-3-5-7-9-10-11-12-13-14-15-16-17-18-19-20-21-22-23-24-25-30-34-41(48)51-37(31-27-8-6-4-2)32-28-26-29-33-39(46)43-35-40(47)44-38(36-45)42(49)50/h12-13,15-16,37-38,45H,3-11,14,17-36H2,1-2H3,(H,43,46)(H,44,47)(H,49,50)/b13-12-,16-15-. The highest BCUT2D eigenvalue weighted by Gasteiger charge is 2.19. The summed E-state index contributed by atoms with van der Waals surface area (Å²) in [5.41, 5.74) is 0. The van der Waals surface area contributed by atoms with Gasteiger partial charge < -0.3 is 25.6 Å². The van der Waals surface area contributed by atoms with Crippen LogP contribution in [0, 0.1) is 0 Å². The maximum atomic E-state index is 12.6. The number of aliphatic hydroxyl groups excluding tert-OH is 1. The Hall–Kier alpha value is -2.68. The fraction of sp³-hybridized carbons (Fsp3) is 0.810. The first-order valence-electron chi connectivity index (χ1n) is 20.7. The summed E-state index contributed by atoms with van der Waals surface area (Å²) in [5.74, 6) is -2.39. The van der Waals surface area contributed by atoms with Crippen LogP contribution in [-0.4, -0.2) is 59.3 Å². The number of nitrogens with one attached hydrogen (secondary N) is 2. The van der Waals surface area contributed by atoms with Crippen molar-refractivity contribution < 1.29 is 34.1 Å². The molecule has 2 atom stereocenters. The molecule has 0 aliphatic rings. The minimum absolute atomic E-state index is 0.0807. The molecule has 0 aromatic rings. The van der Waals surface area contributed by atoms with Crippen molar-refractivity contribution in [1.29, 1.82) is 0 Å². The van der Waals surface area contributed by atoms with Gasteiger partial charge in [0, 0.05) is 12.8 Å². The quantitative estimate of drug-likeness (QED) is 0.0284. The predicted molar refractivity (Wildman–Crippen MR) is 208 cm³/mol. The molecule has 0 fully saturated rings. The van der Waals surface area contributed by atoms with Gasteiger partial charge >= 0.3 is 11.9 Å². The smallest absolute Gasteiger partial charge is 0.328 e. The molecule has 0 bridgehead atoms. The second kappa shape index (κ2) is 37.1.